The maximum atomic E-state index is 10.1. The number of hydrogen-bond acceptors (Lipinski definition) is 4. The number of rotatable bonds is 4. The molecule has 1 aromatic carbocycles. The fraction of sp³-hybridized carbons (Fsp3) is 0.571. The van der Waals surface area contributed by atoms with E-state index in [1.807, 2.05) is 37.9 Å². The Morgan fingerprint density at radius 3 is 2.83 bits per heavy atom. The molecule has 0 radical (unpaired) electrons. The van der Waals surface area contributed by atoms with Crippen LogP contribution < -0.4 is 10.2 Å². The fourth-order valence-electron chi connectivity index (χ4n) is 2.31. The molecule has 2 rings (SSSR count). The summed E-state index contributed by atoms with van der Waals surface area (Å²) in [6.45, 7) is 2.05. The quantitative estimate of drug-likeness (QED) is 0.878. The van der Waals surface area contributed by atoms with Crippen LogP contribution in [-0.4, -0.2) is 36.7 Å². The molecule has 0 saturated carbocycles. The van der Waals surface area contributed by atoms with Gasteiger partial charge in [-0.05, 0) is 32.2 Å². The zero-order valence-corrected chi connectivity index (χ0v) is 12.1. The Hall–Kier alpha value is -0.870. The van der Waals surface area contributed by atoms with Gasteiger partial charge < -0.3 is 15.3 Å². The first-order valence-corrected chi connectivity index (χ1v) is 7.59. The maximum absolute atomic E-state index is 10.1. The van der Waals surface area contributed by atoms with E-state index >= 15 is 0 Å². The van der Waals surface area contributed by atoms with E-state index in [0.29, 0.717) is 11.8 Å². The van der Waals surface area contributed by atoms with Crippen LogP contribution in [0, 0.1) is 0 Å². The summed E-state index contributed by atoms with van der Waals surface area (Å²) in [6.07, 6.45) is 1.23. The van der Waals surface area contributed by atoms with Crippen LogP contribution in [0.1, 0.15) is 24.9 Å². The molecule has 1 heterocycles. The highest BCUT2D eigenvalue weighted by Gasteiger charge is 2.21. The van der Waals surface area contributed by atoms with Gasteiger partial charge in [0.1, 0.15) is 5.75 Å². The summed E-state index contributed by atoms with van der Waals surface area (Å²) in [6, 6.07) is 6.77. The van der Waals surface area contributed by atoms with Gasteiger partial charge in [0.15, 0.2) is 0 Å². The average molecular weight is 266 g/mol. The standard InChI is InChI=1S/C14H22N2OS/c1-10(15-2)13-5-4-11(8-14(13)17)16(3)12-6-7-18-9-12/h4-5,8,10,12,15,17H,6-7,9H2,1-3H3. The summed E-state index contributed by atoms with van der Waals surface area (Å²) in [5, 5.41) is 13.3. The zero-order valence-electron chi connectivity index (χ0n) is 11.3. The van der Waals surface area contributed by atoms with Crippen molar-refractivity contribution in [2.75, 3.05) is 30.5 Å². The highest BCUT2D eigenvalue weighted by atomic mass is 32.2. The second-order valence-corrected chi connectivity index (χ2v) is 6.03. The fourth-order valence-corrected chi connectivity index (χ4v) is 3.58. The number of hydrogen-bond donors (Lipinski definition) is 2. The number of aromatic hydroxyl groups is 1. The van der Waals surface area contributed by atoms with Gasteiger partial charge in [-0.3, -0.25) is 0 Å². The molecule has 0 spiro atoms. The molecular formula is C14H22N2OS. The van der Waals surface area contributed by atoms with Crippen molar-refractivity contribution in [1.29, 1.82) is 0 Å². The van der Waals surface area contributed by atoms with E-state index in [1.54, 1.807) is 0 Å². The van der Waals surface area contributed by atoms with Crippen LogP contribution in [0.3, 0.4) is 0 Å². The van der Waals surface area contributed by atoms with Crippen LogP contribution in [0.25, 0.3) is 0 Å². The van der Waals surface area contributed by atoms with E-state index in [4.69, 9.17) is 0 Å². The first kappa shape index (κ1) is 13.6. The molecule has 3 nitrogen and oxygen atoms in total. The van der Waals surface area contributed by atoms with E-state index in [9.17, 15) is 5.11 Å². The van der Waals surface area contributed by atoms with Gasteiger partial charge in [-0.25, -0.2) is 0 Å². The summed E-state index contributed by atoms with van der Waals surface area (Å²) in [7, 11) is 4.02. The Balaban J connectivity index is 2.17. The van der Waals surface area contributed by atoms with Crippen molar-refractivity contribution in [3.63, 3.8) is 0 Å². The summed E-state index contributed by atoms with van der Waals surface area (Å²) in [4.78, 5) is 2.29. The second-order valence-electron chi connectivity index (χ2n) is 4.88. The average Bonchev–Trinajstić information content (AvgIpc) is 2.90. The number of anilines is 1. The van der Waals surface area contributed by atoms with Gasteiger partial charge in [0.05, 0.1) is 0 Å². The Morgan fingerprint density at radius 2 is 2.28 bits per heavy atom. The van der Waals surface area contributed by atoms with Crippen LogP contribution in [0.2, 0.25) is 0 Å². The van der Waals surface area contributed by atoms with Gasteiger partial charge in [0.2, 0.25) is 0 Å². The summed E-state index contributed by atoms with van der Waals surface area (Å²) < 4.78 is 0. The molecule has 0 amide bonds. The minimum atomic E-state index is 0.173. The summed E-state index contributed by atoms with van der Waals surface area (Å²) >= 11 is 2.01. The monoisotopic (exact) mass is 266 g/mol. The van der Waals surface area contributed by atoms with Gasteiger partial charge >= 0.3 is 0 Å². The topological polar surface area (TPSA) is 35.5 Å². The van der Waals surface area contributed by atoms with Gasteiger partial charge in [-0.1, -0.05) is 6.07 Å². The largest absolute Gasteiger partial charge is 0.508 e. The highest BCUT2D eigenvalue weighted by Crippen LogP contribution is 2.31. The van der Waals surface area contributed by atoms with Crippen molar-refractivity contribution in [3.8, 4) is 5.75 Å². The smallest absolute Gasteiger partial charge is 0.122 e. The maximum Gasteiger partial charge on any atom is 0.122 e. The lowest BCUT2D eigenvalue weighted by molar-refractivity contribution is 0.457. The Morgan fingerprint density at radius 1 is 1.50 bits per heavy atom. The SMILES string of the molecule is CNC(C)c1ccc(N(C)C2CCSC2)cc1O. The van der Waals surface area contributed by atoms with E-state index in [0.717, 1.165) is 11.3 Å². The zero-order chi connectivity index (χ0) is 13.1. The molecule has 0 bridgehead atoms. The number of nitrogens with zero attached hydrogens (tertiary/aromatic N) is 1. The van der Waals surface area contributed by atoms with Crippen LogP contribution in [0.4, 0.5) is 5.69 Å². The minimum Gasteiger partial charge on any atom is -0.508 e. The van der Waals surface area contributed by atoms with Crippen LogP contribution in [-0.2, 0) is 0 Å². The molecular weight excluding hydrogens is 244 g/mol. The Kier molecular flexibility index (Phi) is 4.40. The minimum absolute atomic E-state index is 0.173. The van der Waals surface area contributed by atoms with Crippen molar-refractivity contribution < 1.29 is 5.11 Å². The first-order valence-electron chi connectivity index (χ1n) is 6.44. The van der Waals surface area contributed by atoms with E-state index < -0.39 is 0 Å². The molecule has 1 aliphatic heterocycles. The molecule has 18 heavy (non-hydrogen) atoms. The molecule has 1 aliphatic rings. The molecule has 0 aromatic heterocycles. The lowest BCUT2D eigenvalue weighted by Crippen LogP contribution is -2.31. The number of thioether (sulfide) groups is 1. The number of benzene rings is 1. The molecule has 1 fully saturated rings. The van der Waals surface area contributed by atoms with E-state index in [-0.39, 0.29) is 6.04 Å². The van der Waals surface area contributed by atoms with Crippen LogP contribution in [0.5, 0.6) is 5.75 Å². The van der Waals surface area contributed by atoms with Gasteiger partial charge in [0, 0.05) is 42.2 Å². The van der Waals surface area contributed by atoms with E-state index in [2.05, 4.69) is 23.3 Å². The Bertz CT molecular complexity index is 405. The predicted molar refractivity (Wildman–Crippen MR) is 79.7 cm³/mol. The molecule has 4 heteroatoms. The summed E-state index contributed by atoms with van der Waals surface area (Å²) in [5.41, 5.74) is 2.06. The molecule has 2 unspecified atom stereocenters. The third kappa shape index (κ3) is 2.75. The van der Waals surface area contributed by atoms with Crippen molar-refractivity contribution in [2.45, 2.75) is 25.4 Å². The normalized spacial score (nSPS) is 20.9. The molecule has 1 saturated heterocycles. The van der Waals surface area contributed by atoms with E-state index in [1.165, 1.54) is 17.9 Å². The number of phenols is 1. The van der Waals surface area contributed by atoms with Crippen LogP contribution in [0.15, 0.2) is 18.2 Å². The second kappa shape index (κ2) is 5.85. The first-order chi connectivity index (χ1) is 8.63. The third-order valence-corrected chi connectivity index (χ3v) is 4.92. The van der Waals surface area contributed by atoms with Gasteiger partial charge in [0.25, 0.3) is 0 Å². The highest BCUT2D eigenvalue weighted by molar-refractivity contribution is 7.99. The van der Waals surface area contributed by atoms with Crippen molar-refractivity contribution in [2.24, 2.45) is 0 Å². The molecule has 2 N–H and O–H groups in total. The van der Waals surface area contributed by atoms with Gasteiger partial charge in [-0.2, -0.15) is 11.8 Å². The van der Waals surface area contributed by atoms with Crippen molar-refractivity contribution in [3.05, 3.63) is 23.8 Å². The number of nitrogens with one attached hydrogen (secondary N) is 1. The molecule has 2 atom stereocenters. The molecule has 0 aliphatic carbocycles. The lowest BCUT2D eigenvalue weighted by Gasteiger charge is -2.27. The summed E-state index contributed by atoms with van der Waals surface area (Å²) in [5.74, 6) is 2.81. The van der Waals surface area contributed by atoms with Crippen molar-refractivity contribution >= 4 is 17.4 Å². The molecule has 1 aromatic rings. The predicted octanol–water partition coefficient (Wildman–Crippen LogP) is 2.61. The van der Waals surface area contributed by atoms with Crippen molar-refractivity contribution in [1.82, 2.24) is 5.32 Å². The third-order valence-electron chi connectivity index (χ3n) is 3.77. The van der Waals surface area contributed by atoms with Gasteiger partial charge in [-0.15, -0.1) is 0 Å². The Labute approximate surface area is 114 Å². The molecule has 100 valence electrons. The lowest BCUT2D eigenvalue weighted by atomic mass is 10.1. The van der Waals surface area contributed by atoms with Crippen LogP contribution >= 0.6 is 11.8 Å². The number of phenolic OH excluding ortho intramolecular Hbond substituents is 1.